The summed E-state index contributed by atoms with van der Waals surface area (Å²) in [5.74, 6) is -1.09. The molecule has 114 valence electrons. The van der Waals surface area contributed by atoms with Crippen LogP contribution in [0.1, 0.15) is 24.8 Å². The van der Waals surface area contributed by atoms with E-state index in [-0.39, 0.29) is 17.9 Å². The maximum absolute atomic E-state index is 13.2. The lowest BCUT2D eigenvalue weighted by atomic mass is 9.84. The normalized spacial score (nSPS) is 30.6. The van der Waals surface area contributed by atoms with E-state index in [0.717, 1.165) is 25.3 Å². The maximum Gasteiger partial charge on any atom is 0.310 e. The van der Waals surface area contributed by atoms with Crippen molar-refractivity contribution in [1.82, 2.24) is 5.32 Å². The Balaban J connectivity index is 1.68. The number of carbonyl (C=O) groups excluding carboxylic acids is 1. The topological polar surface area (TPSA) is 38.3 Å². The Morgan fingerprint density at radius 2 is 2.05 bits per heavy atom. The number of methoxy groups -OCH3 is 1. The van der Waals surface area contributed by atoms with Gasteiger partial charge in [-0.25, -0.2) is 8.78 Å². The van der Waals surface area contributed by atoms with E-state index in [4.69, 9.17) is 4.74 Å². The fourth-order valence-electron chi connectivity index (χ4n) is 3.95. The number of carbonyl (C=O) groups is 1. The van der Waals surface area contributed by atoms with Crippen LogP contribution in [0.15, 0.2) is 18.2 Å². The lowest BCUT2D eigenvalue weighted by Crippen LogP contribution is -2.44. The molecule has 1 aromatic rings. The second kappa shape index (κ2) is 5.72. The van der Waals surface area contributed by atoms with Crippen molar-refractivity contribution < 1.29 is 18.3 Å². The van der Waals surface area contributed by atoms with E-state index in [1.165, 1.54) is 13.2 Å². The molecule has 1 N–H and O–H groups in total. The average molecular weight is 295 g/mol. The average Bonchev–Trinajstić information content (AvgIpc) is 3.08. The molecule has 0 aliphatic heterocycles. The van der Waals surface area contributed by atoms with E-state index in [1.54, 1.807) is 6.07 Å². The van der Waals surface area contributed by atoms with Crippen LogP contribution in [0.25, 0.3) is 0 Å². The van der Waals surface area contributed by atoms with Gasteiger partial charge in [-0.2, -0.15) is 0 Å². The summed E-state index contributed by atoms with van der Waals surface area (Å²) in [6.07, 6.45) is 3.25. The Labute approximate surface area is 122 Å². The van der Waals surface area contributed by atoms with Crippen LogP contribution in [0.4, 0.5) is 8.78 Å². The predicted octanol–water partition coefficient (Wildman–Crippen LogP) is 2.64. The molecular formula is C16H19F2NO2. The molecule has 2 saturated carbocycles. The second-order valence-corrected chi connectivity index (χ2v) is 6.04. The molecule has 21 heavy (non-hydrogen) atoms. The van der Waals surface area contributed by atoms with E-state index in [9.17, 15) is 13.6 Å². The number of hydrogen-bond acceptors (Lipinski definition) is 3. The van der Waals surface area contributed by atoms with Crippen molar-refractivity contribution in [2.75, 3.05) is 7.11 Å². The highest BCUT2D eigenvalue weighted by Crippen LogP contribution is 2.49. The minimum Gasteiger partial charge on any atom is -0.469 e. The van der Waals surface area contributed by atoms with Crippen molar-refractivity contribution in [3.05, 3.63) is 35.4 Å². The van der Waals surface area contributed by atoms with Gasteiger partial charge < -0.3 is 10.1 Å². The number of rotatable bonds is 4. The fraction of sp³-hybridized carbons (Fsp3) is 0.562. The summed E-state index contributed by atoms with van der Waals surface area (Å²) in [6.45, 7) is 0.429. The van der Waals surface area contributed by atoms with Crippen LogP contribution in [-0.4, -0.2) is 19.1 Å². The molecule has 0 heterocycles. The molecule has 0 radical (unpaired) electrons. The van der Waals surface area contributed by atoms with Gasteiger partial charge in [0.05, 0.1) is 13.0 Å². The Bertz CT molecular complexity index is 549. The fourth-order valence-corrected chi connectivity index (χ4v) is 3.95. The molecule has 0 unspecified atom stereocenters. The highest BCUT2D eigenvalue weighted by molar-refractivity contribution is 5.74. The summed E-state index contributed by atoms with van der Waals surface area (Å²) >= 11 is 0. The quantitative estimate of drug-likeness (QED) is 0.868. The van der Waals surface area contributed by atoms with E-state index in [1.807, 2.05) is 0 Å². The molecule has 0 saturated heterocycles. The van der Waals surface area contributed by atoms with Gasteiger partial charge in [0, 0.05) is 12.6 Å². The summed E-state index contributed by atoms with van der Waals surface area (Å²) in [5.41, 5.74) is 0.681. The van der Waals surface area contributed by atoms with Gasteiger partial charge in [0.15, 0.2) is 11.6 Å². The van der Waals surface area contributed by atoms with Crippen LogP contribution in [-0.2, 0) is 16.1 Å². The standard InChI is InChI=1S/C16H19F2NO2/c1-21-16(20)14-10-3-4-11(7-10)15(14)19-8-9-2-5-12(17)13(18)6-9/h2,5-6,10-11,14-15,19H,3-4,7-8H2,1H3/t10-,11+,14+,15-/m0/s1. The number of halogens is 2. The van der Waals surface area contributed by atoms with Crippen molar-refractivity contribution >= 4 is 5.97 Å². The van der Waals surface area contributed by atoms with Crippen LogP contribution in [0.2, 0.25) is 0 Å². The van der Waals surface area contributed by atoms with Gasteiger partial charge in [-0.05, 0) is 48.8 Å². The third-order valence-corrected chi connectivity index (χ3v) is 4.92. The van der Waals surface area contributed by atoms with E-state index >= 15 is 0 Å². The molecule has 2 fully saturated rings. The monoisotopic (exact) mass is 295 g/mol. The first kappa shape index (κ1) is 14.4. The highest BCUT2D eigenvalue weighted by Gasteiger charge is 2.51. The molecule has 5 heteroatoms. The van der Waals surface area contributed by atoms with Gasteiger partial charge in [-0.3, -0.25) is 4.79 Å². The summed E-state index contributed by atoms with van der Waals surface area (Å²) in [5, 5.41) is 3.35. The molecule has 0 amide bonds. The highest BCUT2D eigenvalue weighted by atomic mass is 19.2. The number of benzene rings is 1. The third kappa shape index (κ3) is 2.67. The zero-order valence-corrected chi connectivity index (χ0v) is 11.9. The predicted molar refractivity (Wildman–Crippen MR) is 73.3 cm³/mol. The SMILES string of the molecule is COC(=O)[C@@H]1[C@H]2CC[C@H](C2)[C@@H]1NCc1ccc(F)c(F)c1. The van der Waals surface area contributed by atoms with Gasteiger partial charge in [-0.1, -0.05) is 6.07 Å². The number of hydrogen-bond donors (Lipinski definition) is 1. The zero-order chi connectivity index (χ0) is 15.0. The Morgan fingerprint density at radius 3 is 2.76 bits per heavy atom. The van der Waals surface area contributed by atoms with Crippen molar-refractivity contribution in [2.24, 2.45) is 17.8 Å². The number of esters is 1. The van der Waals surface area contributed by atoms with E-state index in [2.05, 4.69) is 5.32 Å². The lowest BCUT2D eigenvalue weighted by molar-refractivity contribution is -0.148. The Kier molecular flexibility index (Phi) is 3.93. The largest absolute Gasteiger partial charge is 0.469 e. The molecule has 3 rings (SSSR count). The van der Waals surface area contributed by atoms with E-state index in [0.29, 0.717) is 23.9 Å². The summed E-state index contributed by atoms with van der Waals surface area (Å²) in [7, 11) is 1.42. The van der Waals surface area contributed by atoms with Gasteiger partial charge in [-0.15, -0.1) is 0 Å². The van der Waals surface area contributed by atoms with Gasteiger partial charge in [0.1, 0.15) is 0 Å². The molecule has 4 atom stereocenters. The van der Waals surface area contributed by atoms with Crippen LogP contribution in [0.3, 0.4) is 0 Å². The van der Waals surface area contributed by atoms with Gasteiger partial charge in [0.25, 0.3) is 0 Å². The summed E-state index contributed by atoms with van der Waals surface area (Å²) in [6, 6.07) is 3.96. The Hall–Kier alpha value is -1.49. The molecule has 2 aliphatic carbocycles. The molecule has 3 nitrogen and oxygen atoms in total. The zero-order valence-electron chi connectivity index (χ0n) is 11.9. The first-order valence-electron chi connectivity index (χ1n) is 7.35. The smallest absolute Gasteiger partial charge is 0.310 e. The Morgan fingerprint density at radius 1 is 1.29 bits per heavy atom. The van der Waals surface area contributed by atoms with Crippen molar-refractivity contribution in [3.63, 3.8) is 0 Å². The summed E-state index contributed by atoms with van der Waals surface area (Å²) in [4.78, 5) is 12.0. The van der Waals surface area contributed by atoms with Crippen molar-refractivity contribution in [2.45, 2.75) is 31.8 Å². The first-order chi connectivity index (χ1) is 10.1. The molecule has 2 bridgehead atoms. The minimum absolute atomic E-state index is 0.0734. The van der Waals surface area contributed by atoms with Crippen LogP contribution in [0.5, 0.6) is 0 Å². The number of nitrogens with one attached hydrogen (secondary N) is 1. The second-order valence-electron chi connectivity index (χ2n) is 6.04. The van der Waals surface area contributed by atoms with Gasteiger partial charge in [0.2, 0.25) is 0 Å². The molecule has 0 aromatic heterocycles. The van der Waals surface area contributed by atoms with Crippen LogP contribution < -0.4 is 5.32 Å². The lowest BCUT2D eigenvalue weighted by Gasteiger charge is -2.30. The first-order valence-corrected chi connectivity index (χ1v) is 7.35. The third-order valence-electron chi connectivity index (χ3n) is 4.92. The number of fused-ring (bicyclic) bond motifs is 2. The molecular weight excluding hydrogens is 276 g/mol. The number of ether oxygens (including phenoxy) is 1. The van der Waals surface area contributed by atoms with Crippen LogP contribution >= 0.6 is 0 Å². The minimum atomic E-state index is -0.842. The van der Waals surface area contributed by atoms with Gasteiger partial charge >= 0.3 is 5.97 Å². The maximum atomic E-state index is 13.2. The van der Waals surface area contributed by atoms with Crippen molar-refractivity contribution in [1.29, 1.82) is 0 Å². The molecule has 0 spiro atoms. The molecule has 1 aromatic carbocycles. The molecule has 2 aliphatic rings. The van der Waals surface area contributed by atoms with Crippen LogP contribution in [0, 0.1) is 29.4 Å². The van der Waals surface area contributed by atoms with E-state index < -0.39 is 11.6 Å². The van der Waals surface area contributed by atoms with Crippen molar-refractivity contribution in [3.8, 4) is 0 Å². The summed E-state index contributed by atoms with van der Waals surface area (Å²) < 4.78 is 31.0.